The number of nitrogens with one attached hydrogen (secondary N) is 1. The molecule has 1 aromatic heterocycles. The van der Waals surface area contributed by atoms with Crippen LogP contribution in [0.5, 0.6) is 0 Å². The summed E-state index contributed by atoms with van der Waals surface area (Å²) in [5, 5.41) is 3.33. The quantitative estimate of drug-likeness (QED) is 0.872. The zero-order valence-electron chi connectivity index (χ0n) is 11.8. The molecule has 0 radical (unpaired) electrons. The van der Waals surface area contributed by atoms with Crippen LogP contribution in [0.3, 0.4) is 0 Å². The molecule has 2 aromatic rings. The molecule has 6 heteroatoms. The number of carbonyl (C=O) groups is 1. The van der Waals surface area contributed by atoms with Crippen LogP contribution in [0.1, 0.15) is 23.1 Å². The average Bonchev–Trinajstić information content (AvgIpc) is 2.78. The molecule has 1 amide bonds. The molecular formula is C15H15ClN2O2S. The van der Waals surface area contributed by atoms with Gasteiger partial charge in [-0.3, -0.25) is 5.32 Å². The molecule has 0 spiro atoms. The van der Waals surface area contributed by atoms with Crippen LogP contribution < -0.4 is 5.32 Å². The molecule has 0 aliphatic heterocycles. The SMILES string of the molecule is C=C(C)c1snc(C)c1NC(=O)OCc1cccc(Cl)c1. The average molecular weight is 323 g/mol. The molecule has 0 unspecified atom stereocenters. The summed E-state index contributed by atoms with van der Waals surface area (Å²) < 4.78 is 9.40. The largest absolute Gasteiger partial charge is 0.444 e. The molecule has 0 atom stereocenters. The fourth-order valence-corrected chi connectivity index (χ4v) is 2.70. The van der Waals surface area contributed by atoms with Crippen molar-refractivity contribution < 1.29 is 9.53 Å². The van der Waals surface area contributed by atoms with Gasteiger partial charge >= 0.3 is 6.09 Å². The van der Waals surface area contributed by atoms with Crippen LogP contribution in [-0.4, -0.2) is 10.5 Å². The van der Waals surface area contributed by atoms with E-state index in [-0.39, 0.29) is 6.61 Å². The first-order valence-corrected chi connectivity index (χ1v) is 7.43. The summed E-state index contributed by atoms with van der Waals surface area (Å²) in [5.41, 5.74) is 3.09. The predicted octanol–water partition coefficient (Wildman–Crippen LogP) is 4.89. The molecule has 1 aromatic carbocycles. The van der Waals surface area contributed by atoms with Gasteiger partial charge in [0.15, 0.2) is 0 Å². The number of allylic oxidation sites excluding steroid dienone is 1. The first-order chi connectivity index (χ1) is 9.97. The van der Waals surface area contributed by atoms with E-state index in [0.717, 1.165) is 21.7 Å². The van der Waals surface area contributed by atoms with Crippen molar-refractivity contribution in [3.05, 3.63) is 52.0 Å². The second kappa shape index (κ2) is 6.74. The predicted molar refractivity (Wildman–Crippen MR) is 86.8 cm³/mol. The Morgan fingerprint density at radius 1 is 1.52 bits per heavy atom. The zero-order valence-corrected chi connectivity index (χ0v) is 13.3. The molecule has 0 bridgehead atoms. The smallest absolute Gasteiger partial charge is 0.412 e. The Hall–Kier alpha value is -1.85. The molecule has 2 rings (SSSR count). The summed E-state index contributed by atoms with van der Waals surface area (Å²) in [7, 11) is 0. The summed E-state index contributed by atoms with van der Waals surface area (Å²) in [6.45, 7) is 7.73. The van der Waals surface area contributed by atoms with Gasteiger partial charge in [-0.15, -0.1) is 0 Å². The first-order valence-electron chi connectivity index (χ1n) is 6.27. The van der Waals surface area contributed by atoms with Gasteiger partial charge < -0.3 is 4.74 Å². The number of amides is 1. The number of hydrogen-bond acceptors (Lipinski definition) is 4. The normalized spacial score (nSPS) is 10.2. The summed E-state index contributed by atoms with van der Waals surface area (Å²) >= 11 is 7.18. The van der Waals surface area contributed by atoms with Crippen molar-refractivity contribution in [2.45, 2.75) is 20.5 Å². The zero-order chi connectivity index (χ0) is 15.4. The number of nitrogens with zero attached hydrogens (tertiary/aromatic N) is 1. The Kier molecular flexibility index (Phi) is 4.98. The highest BCUT2D eigenvalue weighted by atomic mass is 35.5. The lowest BCUT2D eigenvalue weighted by Gasteiger charge is -2.08. The molecular weight excluding hydrogens is 308 g/mol. The van der Waals surface area contributed by atoms with Crippen LogP contribution in [0.25, 0.3) is 5.57 Å². The Morgan fingerprint density at radius 2 is 2.29 bits per heavy atom. The highest BCUT2D eigenvalue weighted by Crippen LogP contribution is 2.30. The molecule has 0 saturated heterocycles. The van der Waals surface area contributed by atoms with Gasteiger partial charge in [0, 0.05) is 5.02 Å². The van der Waals surface area contributed by atoms with Gasteiger partial charge in [-0.25, -0.2) is 4.79 Å². The standard InChI is InChI=1S/C15H15ClN2O2S/c1-9(2)14-13(10(3)18-21-14)17-15(19)20-8-11-5-4-6-12(16)7-11/h4-7H,1,8H2,2-3H3,(H,17,19). The number of hydrogen-bond donors (Lipinski definition) is 1. The van der Waals surface area contributed by atoms with E-state index >= 15 is 0 Å². The van der Waals surface area contributed by atoms with E-state index in [0.29, 0.717) is 10.7 Å². The van der Waals surface area contributed by atoms with E-state index in [9.17, 15) is 4.79 Å². The second-order valence-corrected chi connectivity index (χ2v) is 5.79. The maximum atomic E-state index is 11.9. The third-order valence-electron chi connectivity index (χ3n) is 2.74. The minimum absolute atomic E-state index is 0.158. The van der Waals surface area contributed by atoms with Gasteiger partial charge in [0.05, 0.1) is 16.3 Å². The van der Waals surface area contributed by atoms with Crippen molar-refractivity contribution in [1.29, 1.82) is 0 Å². The third-order valence-corrected chi connectivity index (χ3v) is 4.07. The molecule has 4 nitrogen and oxygen atoms in total. The molecule has 0 aliphatic rings. The van der Waals surface area contributed by atoms with Gasteiger partial charge in [-0.05, 0) is 48.6 Å². The molecule has 0 fully saturated rings. The van der Waals surface area contributed by atoms with E-state index in [1.807, 2.05) is 26.0 Å². The van der Waals surface area contributed by atoms with E-state index in [2.05, 4.69) is 16.3 Å². The fraction of sp³-hybridized carbons (Fsp3) is 0.200. The van der Waals surface area contributed by atoms with Crippen molar-refractivity contribution in [1.82, 2.24) is 4.37 Å². The number of aromatic nitrogens is 1. The number of halogens is 1. The molecule has 21 heavy (non-hydrogen) atoms. The number of carbonyl (C=O) groups excluding carboxylic acids is 1. The van der Waals surface area contributed by atoms with Gasteiger partial charge in [-0.2, -0.15) is 4.37 Å². The lowest BCUT2D eigenvalue weighted by molar-refractivity contribution is 0.155. The molecule has 0 saturated carbocycles. The summed E-state index contributed by atoms with van der Waals surface area (Å²) in [4.78, 5) is 12.7. The number of ether oxygens (including phenoxy) is 1. The second-order valence-electron chi connectivity index (χ2n) is 4.58. The van der Waals surface area contributed by atoms with Crippen LogP contribution in [0.4, 0.5) is 10.5 Å². The maximum absolute atomic E-state index is 11.9. The minimum atomic E-state index is -0.527. The summed E-state index contributed by atoms with van der Waals surface area (Å²) in [5.74, 6) is 0. The fourth-order valence-electron chi connectivity index (χ4n) is 1.72. The minimum Gasteiger partial charge on any atom is -0.444 e. The Morgan fingerprint density at radius 3 is 2.95 bits per heavy atom. The Labute approximate surface area is 132 Å². The van der Waals surface area contributed by atoms with Crippen molar-refractivity contribution >= 4 is 40.5 Å². The van der Waals surface area contributed by atoms with Crippen LogP contribution in [0.15, 0.2) is 30.8 Å². The number of rotatable bonds is 4. The van der Waals surface area contributed by atoms with Crippen molar-refractivity contribution in [3.63, 3.8) is 0 Å². The van der Waals surface area contributed by atoms with E-state index in [1.54, 1.807) is 12.1 Å². The highest BCUT2D eigenvalue weighted by molar-refractivity contribution is 7.07. The molecule has 110 valence electrons. The number of aryl methyl sites for hydroxylation is 1. The van der Waals surface area contributed by atoms with Crippen molar-refractivity contribution in [3.8, 4) is 0 Å². The van der Waals surface area contributed by atoms with Crippen LogP contribution in [0.2, 0.25) is 5.02 Å². The van der Waals surface area contributed by atoms with Gasteiger partial charge in [-0.1, -0.05) is 30.3 Å². The molecule has 1 N–H and O–H groups in total. The monoisotopic (exact) mass is 322 g/mol. The lowest BCUT2D eigenvalue weighted by atomic mass is 10.2. The Bertz CT molecular complexity index is 682. The molecule has 1 heterocycles. The first kappa shape index (κ1) is 15.5. The van der Waals surface area contributed by atoms with Gasteiger partial charge in [0.25, 0.3) is 0 Å². The van der Waals surface area contributed by atoms with Gasteiger partial charge in [0.1, 0.15) is 6.61 Å². The number of benzene rings is 1. The maximum Gasteiger partial charge on any atom is 0.412 e. The lowest BCUT2D eigenvalue weighted by Crippen LogP contribution is -2.14. The summed E-state index contributed by atoms with van der Waals surface area (Å²) in [6, 6.07) is 7.18. The molecule has 0 aliphatic carbocycles. The van der Waals surface area contributed by atoms with Crippen LogP contribution in [-0.2, 0) is 11.3 Å². The van der Waals surface area contributed by atoms with E-state index in [1.165, 1.54) is 11.5 Å². The highest BCUT2D eigenvalue weighted by Gasteiger charge is 2.14. The summed E-state index contributed by atoms with van der Waals surface area (Å²) in [6.07, 6.45) is -0.527. The Balaban J connectivity index is 1.99. The van der Waals surface area contributed by atoms with Gasteiger partial charge in [0.2, 0.25) is 0 Å². The van der Waals surface area contributed by atoms with Crippen LogP contribution >= 0.6 is 23.1 Å². The van der Waals surface area contributed by atoms with Crippen molar-refractivity contribution in [2.75, 3.05) is 5.32 Å². The topological polar surface area (TPSA) is 51.2 Å². The third kappa shape index (κ3) is 4.06. The van der Waals surface area contributed by atoms with Crippen LogP contribution in [0, 0.1) is 6.92 Å². The van der Waals surface area contributed by atoms with E-state index < -0.39 is 6.09 Å². The van der Waals surface area contributed by atoms with E-state index in [4.69, 9.17) is 16.3 Å². The number of anilines is 1. The van der Waals surface area contributed by atoms with Crippen molar-refractivity contribution in [2.24, 2.45) is 0 Å².